The molecule has 0 unspecified atom stereocenters. The molecule has 0 saturated carbocycles. The summed E-state index contributed by atoms with van der Waals surface area (Å²) in [7, 11) is -3.85. The Kier molecular flexibility index (Phi) is 4.65. The van der Waals surface area contributed by atoms with Gasteiger partial charge in [0.2, 0.25) is 0 Å². The second kappa shape index (κ2) is 6.13. The summed E-state index contributed by atoms with van der Waals surface area (Å²) < 4.78 is 41.4. The average molecular weight is 374 g/mol. The Labute approximate surface area is 130 Å². The Balaban J connectivity index is 2.42. The van der Waals surface area contributed by atoms with Gasteiger partial charge in [0.25, 0.3) is 10.0 Å². The van der Waals surface area contributed by atoms with E-state index in [0.29, 0.717) is 5.69 Å². The number of halogens is 2. The van der Waals surface area contributed by atoms with Gasteiger partial charge in [-0.3, -0.25) is 4.72 Å². The summed E-state index contributed by atoms with van der Waals surface area (Å²) in [4.78, 5) is -0.0922. The topological polar surface area (TPSA) is 66.4 Å². The predicted molar refractivity (Wildman–Crippen MR) is 82.0 cm³/mol. The van der Waals surface area contributed by atoms with Gasteiger partial charge in [0.1, 0.15) is 5.82 Å². The van der Waals surface area contributed by atoms with Crippen LogP contribution in [0.25, 0.3) is 0 Å². The van der Waals surface area contributed by atoms with E-state index in [-0.39, 0.29) is 16.0 Å². The second-order valence-electron chi connectivity index (χ2n) is 4.49. The summed E-state index contributed by atoms with van der Waals surface area (Å²) >= 11 is 3.25. The minimum absolute atomic E-state index is 0.0513. The number of aryl methyl sites for hydroxylation is 1. The predicted octanol–water partition coefficient (Wildman–Crippen LogP) is 3.19. The van der Waals surface area contributed by atoms with E-state index in [2.05, 4.69) is 20.7 Å². The van der Waals surface area contributed by atoms with Gasteiger partial charge in [-0.2, -0.15) is 0 Å². The van der Waals surface area contributed by atoms with E-state index in [9.17, 15) is 12.8 Å². The van der Waals surface area contributed by atoms with Crippen LogP contribution in [0.1, 0.15) is 11.1 Å². The van der Waals surface area contributed by atoms with Crippen molar-refractivity contribution in [3.63, 3.8) is 0 Å². The molecule has 0 bridgehead atoms. The van der Waals surface area contributed by atoms with E-state index < -0.39 is 22.4 Å². The van der Waals surface area contributed by atoms with Crippen molar-refractivity contribution in [2.45, 2.75) is 18.4 Å². The number of nitrogens with one attached hydrogen (secondary N) is 1. The van der Waals surface area contributed by atoms with Crippen molar-refractivity contribution < 1.29 is 17.9 Å². The minimum atomic E-state index is -3.85. The van der Waals surface area contributed by atoms with Gasteiger partial charge >= 0.3 is 0 Å². The SMILES string of the molecule is Cc1cc(S(=O)(=O)Nc2cccc(Br)c2)cc(CO)c1F. The summed E-state index contributed by atoms with van der Waals surface area (Å²) in [5.74, 6) is -0.598. The molecule has 2 aromatic rings. The van der Waals surface area contributed by atoms with Gasteiger partial charge in [0, 0.05) is 15.7 Å². The molecule has 0 saturated heterocycles. The molecule has 2 rings (SSSR count). The number of hydrogen-bond donors (Lipinski definition) is 2. The Morgan fingerprint density at radius 1 is 1.29 bits per heavy atom. The number of rotatable bonds is 4. The van der Waals surface area contributed by atoms with Crippen molar-refractivity contribution in [1.29, 1.82) is 0 Å². The molecule has 0 radical (unpaired) electrons. The number of sulfonamides is 1. The van der Waals surface area contributed by atoms with E-state index in [1.54, 1.807) is 24.3 Å². The van der Waals surface area contributed by atoms with Crippen molar-refractivity contribution in [3.05, 3.63) is 57.8 Å². The highest BCUT2D eigenvalue weighted by Crippen LogP contribution is 2.23. The molecule has 0 atom stereocenters. The van der Waals surface area contributed by atoms with Crippen molar-refractivity contribution in [2.24, 2.45) is 0 Å². The molecular weight excluding hydrogens is 361 g/mol. The van der Waals surface area contributed by atoms with E-state index in [4.69, 9.17) is 5.11 Å². The summed E-state index contributed by atoms with van der Waals surface area (Å²) in [6, 6.07) is 9.03. The molecule has 0 aliphatic rings. The Morgan fingerprint density at radius 3 is 2.62 bits per heavy atom. The monoisotopic (exact) mass is 373 g/mol. The summed E-state index contributed by atoms with van der Waals surface area (Å²) in [5, 5.41) is 9.10. The van der Waals surface area contributed by atoms with Gasteiger partial charge in [0.15, 0.2) is 0 Å². The average Bonchev–Trinajstić information content (AvgIpc) is 2.41. The van der Waals surface area contributed by atoms with Crippen LogP contribution < -0.4 is 4.72 Å². The largest absolute Gasteiger partial charge is 0.392 e. The zero-order valence-corrected chi connectivity index (χ0v) is 13.5. The fraction of sp³-hybridized carbons (Fsp3) is 0.143. The maximum atomic E-state index is 13.7. The second-order valence-corrected chi connectivity index (χ2v) is 7.09. The third-order valence-corrected chi connectivity index (χ3v) is 4.71. The number of anilines is 1. The molecule has 0 aromatic heterocycles. The first-order valence-electron chi connectivity index (χ1n) is 6.02. The lowest BCUT2D eigenvalue weighted by molar-refractivity contribution is 0.275. The van der Waals surface area contributed by atoms with Crippen molar-refractivity contribution in [3.8, 4) is 0 Å². The molecule has 0 aliphatic carbocycles. The van der Waals surface area contributed by atoms with Crippen LogP contribution >= 0.6 is 15.9 Å². The van der Waals surface area contributed by atoms with Gasteiger partial charge in [-0.05, 0) is 42.8 Å². The van der Waals surface area contributed by atoms with Crippen LogP contribution in [0, 0.1) is 12.7 Å². The molecule has 0 spiro atoms. The van der Waals surface area contributed by atoms with Crippen molar-refractivity contribution >= 4 is 31.6 Å². The third-order valence-electron chi connectivity index (χ3n) is 2.86. The van der Waals surface area contributed by atoms with Gasteiger partial charge in [-0.15, -0.1) is 0 Å². The fourth-order valence-corrected chi connectivity index (χ4v) is 3.43. The normalized spacial score (nSPS) is 11.4. The van der Waals surface area contributed by atoms with Gasteiger partial charge < -0.3 is 5.11 Å². The zero-order chi connectivity index (χ0) is 15.6. The maximum Gasteiger partial charge on any atom is 0.261 e. The summed E-state index contributed by atoms with van der Waals surface area (Å²) in [5.41, 5.74) is 0.498. The van der Waals surface area contributed by atoms with E-state index >= 15 is 0 Å². The van der Waals surface area contributed by atoms with Crippen molar-refractivity contribution in [1.82, 2.24) is 0 Å². The smallest absolute Gasteiger partial charge is 0.261 e. The quantitative estimate of drug-likeness (QED) is 0.864. The van der Waals surface area contributed by atoms with Crippen LogP contribution in [0.15, 0.2) is 45.8 Å². The highest BCUT2D eigenvalue weighted by Gasteiger charge is 2.18. The Morgan fingerprint density at radius 2 is 2.00 bits per heavy atom. The van der Waals surface area contributed by atoms with Crippen molar-refractivity contribution in [2.75, 3.05) is 4.72 Å². The standard InChI is InChI=1S/C14H13BrFNO3S/c1-9-5-13(6-10(8-18)14(9)16)21(19,20)17-12-4-2-3-11(15)7-12/h2-7,17-18H,8H2,1H3. The molecular formula is C14H13BrFNO3S. The number of aliphatic hydroxyl groups is 1. The maximum absolute atomic E-state index is 13.7. The van der Waals surface area contributed by atoms with Gasteiger partial charge in [0.05, 0.1) is 11.5 Å². The number of aliphatic hydroxyl groups excluding tert-OH is 1. The molecule has 2 N–H and O–H groups in total. The lowest BCUT2D eigenvalue weighted by Crippen LogP contribution is -2.14. The zero-order valence-electron chi connectivity index (χ0n) is 11.1. The summed E-state index contributed by atoms with van der Waals surface area (Å²) in [6.45, 7) is 0.888. The van der Waals surface area contributed by atoms with Crippen LogP contribution in [-0.4, -0.2) is 13.5 Å². The number of hydrogen-bond acceptors (Lipinski definition) is 3. The third kappa shape index (κ3) is 3.61. The van der Waals surface area contributed by atoms with Crippen LogP contribution in [0.4, 0.5) is 10.1 Å². The van der Waals surface area contributed by atoms with E-state index in [1.165, 1.54) is 13.0 Å². The Hall–Kier alpha value is -1.44. The molecule has 2 aromatic carbocycles. The first-order chi connectivity index (χ1) is 9.83. The molecule has 21 heavy (non-hydrogen) atoms. The van der Waals surface area contributed by atoms with Crippen LogP contribution in [-0.2, 0) is 16.6 Å². The molecule has 0 amide bonds. The lowest BCUT2D eigenvalue weighted by atomic mass is 10.1. The Bertz CT molecular complexity index is 778. The lowest BCUT2D eigenvalue weighted by Gasteiger charge is -2.11. The number of benzene rings is 2. The molecule has 4 nitrogen and oxygen atoms in total. The molecule has 112 valence electrons. The highest BCUT2D eigenvalue weighted by molar-refractivity contribution is 9.10. The molecule has 0 heterocycles. The van der Waals surface area contributed by atoms with Gasteiger partial charge in [-0.1, -0.05) is 22.0 Å². The molecule has 0 aliphatic heterocycles. The molecule has 7 heteroatoms. The van der Waals surface area contributed by atoms with Gasteiger partial charge in [-0.25, -0.2) is 12.8 Å². The van der Waals surface area contributed by atoms with E-state index in [1.807, 2.05) is 0 Å². The summed E-state index contributed by atoms with van der Waals surface area (Å²) in [6.07, 6.45) is 0. The first-order valence-corrected chi connectivity index (χ1v) is 8.29. The van der Waals surface area contributed by atoms with Crippen LogP contribution in [0.5, 0.6) is 0 Å². The highest BCUT2D eigenvalue weighted by atomic mass is 79.9. The van der Waals surface area contributed by atoms with Crippen LogP contribution in [0.2, 0.25) is 0 Å². The first kappa shape index (κ1) is 15.9. The fourth-order valence-electron chi connectivity index (χ4n) is 1.84. The minimum Gasteiger partial charge on any atom is -0.392 e. The molecule has 0 fully saturated rings. The van der Waals surface area contributed by atoms with E-state index in [0.717, 1.165) is 10.5 Å². The van der Waals surface area contributed by atoms with Crippen LogP contribution in [0.3, 0.4) is 0 Å².